The normalized spacial score (nSPS) is 31.9. The largest absolute Gasteiger partial charge is 0.495 e. The van der Waals surface area contributed by atoms with Crippen molar-refractivity contribution in [2.75, 3.05) is 19.0 Å². The van der Waals surface area contributed by atoms with E-state index in [1.807, 2.05) is 25.1 Å². The fraction of sp³-hybridized carbons (Fsp3) is 0.588. The Morgan fingerprint density at radius 2 is 2.09 bits per heavy atom. The van der Waals surface area contributed by atoms with Gasteiger partial charge in [-0.2, -0.15) is 0 Å². The Morgan fingerprint density at radius 3 is 2.74 bits per heavy atom. The maximum absolute atomic E-state index is 12.1. The van der Waals surface area contributed by atoms with Crippen LogP contribution >= 0.6 is 0 Å². The maximum atomic E-state index is 12.1. The van der Waals surface area contributed by atoms with E-state index in [-0.39, 0.29) is 23.8 Å². The van der Waals surface area contributed by atoms with E-state index in [4.69, 9.17) is 4.74 Å². The minimum atomic E-state index is -0.652. The smallest absolute Gasteiger partial charge is 0.319 e. The van der Waals surface area contributed by atoms with Crippen molar-refractivity contribution in [2.45, 2.75) is 32.0 Å². The summed E-state index contributed by atoms with van der Waals surface area (Å²) in [7, 11) is 1.57. The van der Waals surface area contributed by atoms with Crippen LogP contribution in [0.25, 0.3) is 0 Å². The van der Waals surface area contributed by atoms with Crippen molar-refractivity contribution >= 4 is 11.7 Å². The number of methoxy groups -OCH3 is 1. The molecule has 0 spiro atoms. The van der Waals surface area contributed by atoms with E-state index in [9.17, 15) is 15.0 Å². The molecule has 6 nitrogen and oxygen atoms in total. The summed E-state index contributed by atoms with van der Waals surface area (Å²) in [4.78, 5) is 12.1. The SMILES string of the molecule is COc1ccc(C)cc1NC(=O)NC[C@@H]1C[C@H]2C[C@@H]1[C@H](O)[C@@H]2O. The molecule has 2 bridgehead atoms. The van der Waals surface area contributed by atoms with Gasteiger partial charge in [-0.3, -0.25) is 0 Å². The van der Waals surface area contributed by atoms with Crippen LogP contribution in [-0.4, -0.2) is 42.1 Å². The van der Waals surface area contributed by atoms with Crippen molar-refractivity contribution in [3.8, 4) is 5.75 Å². The number of nitrogens with one attached hydrogen (secondary N) is 2. The first-order valence-corrected chi connectivity index (χ1v) is 8.05. The Hall–Kier alpha value is -1.79. The Balaban J connectivity index is 1.54. The number of hydrogen-bond acceptors (Lipinski definition) is 4. The number of fused-ring (bicyclic) bond motifs is 2. The zero-order valence-electron chi connectivity index (χ0n) is 13.5. The molecule has 126 valence electrons. The van der Waals surface area contributed by atoms with E-state index in [1.165, 1.54) is 0 Å². The molecule has 4 N–H and O–H groups in total. The Morgan fingerprint density at radius 1 is 1.30 bits per heavy atom. The lowest BCUT2D eigenvalue weighted by atomic mass is 9.85. The molecule has 0 heterocycles. The van der Waals surface area contributed by atoms with Crippen LogP contribution in [0.4, 0.5) is 10.5 Å². The lowest BCUT2D eigenvalue weighted by molar-refractivity contribution is -0.0330. The zero-order chi connectivity index (χ0) is 16.6. The quantitative estimate of drug-likeness (QED) is 0.677. The molecule has 5 atom stereocenters. The molecular weight excluding hydrogens is 296 g/mol. The number of amides is 2. The summed E-state index contributed by atoms with van der Waals surface area (Å²) < 4.78 is 5.24. The van der Waals surface area contributed by atoms with E-state index in [1.54, 1.807) is 7.11 Å². The summed E-state index contributed by atoms with van der Waals surface area (Å²) in [6, 6.07) is 5.31. The molecule has 0 saturated heterocycles. The molecule has 2 fully saturated rings. The number of aliphatic hydroxyl groups excluding tert-OH is 2. The third-order valence-electron chi connectivity index (χ3n) is 5.19. The van der Waals surface area contributed by atoms with Gasteiger partial charge in [-0.25, -0.2) is 4.79 Å². The number of anilines is 1. The van der Waals surface area contributed by atoms with Crippen LogP contribution in [0.5, 0.6) is 5.75 Å². The molecule has 6 heteroatoms. The van der Waals surface area contributed by atoms with E-state index in [0.29, 0.717) is 18.0 Å². The van der Waals surface area contributed by atoms with Crippen molar-refractivity contribution in [1.29, 1.82) is 0 Å². The van der Waals surface area contributed by atoms with Crippen LogP contribution in [0.15, 0.2) is 18.2 Å². The van der Waals surface area contributed by atoms with Gasteiger partial charge >= 0.3 is 6.03 Å². The lowest BCUT2D eigenvalue weighted by Crippen LogP contribution is -2.42. The van der Waals surface area contributed by atoms with E-state index < -0.39 is 12.2 Å². The maximum Gasteiger partial charge on any atom is 0.319 e. The van der Waals surface area contributed by atoms with Gasteiger partial charge in [0.15, 0.2) is 0 Å². The number of aliphatic hydroxyl groups is 2. The third kappa shape index (κ3) is 3.14. The second kappa shape index (κ2) is 6.37. The number of aryl methyl sites for hydroxylation is 1. The third-order valence-corrected chi connectivity index (χ3v) is 5.19. The van der Waals surface area contributed by atoms with Gasteiger partial charge in [0, 0.05) is 6.54 Å². The average Bonchev–Trinajstić information content (AvgIpc) is 3.06. The monoisotopic (exact) mass is 320 g/mol. The minimum absolute atomic E-state index is 0.0869. The number of carbonyl (C=O) groups excluding carboxylic acids is 1. The Kier molecular flexibility index (Phi) is 4.46. The highest BCUT2D eigenvalue weighted by Crippen LogP contribution is 2.48. The second-order valence-electron chi connectivity index (χ2n) is 6.68. The van der Waals surface area contributed by atoms with Crippen LogP contribution in [0.3, 0.4) is 0 Å². The van der Waals surface area contributed by atoms with Crippen LogP contribution in [0, 0.1) is 24.7 Å². The van der Waals surface area contributed by atoms with Gasteiger partial charge in [-0.1, -0.05) is 6.07 Å². The summed E-state index contributed by atoms with van der Waals surface area (Å²) in [5, 5.41) is 25.4. The summed E-state index contributed by atoms with van der Waals surface area (Å²) in [6.07, 6.45) is 0.459. The lowest BCUT2D eigenvalue weighted by Gasteiger charge is -2.29. The van der Waals surface area contributed by atoms with Crippen molar-refractivity contribution in [2.24, 2.45) is 17.8 Å². The standard InChI is InChI=1S/C17H24N2O4/c1-9-3-4-14(23-2)13(5-9)19-17(22)18-8-11-6-10-7-12(11)16(21)15(10)20/h3-5,10-12,15-16,20-21H,6-8H2,1-2H3,(H2,18,19,22)/t10-,11-,12-,15+,16-/m0/s1. The molecule has 0 unspecified atom stereocenters. The highest BCUT2D eigenvalue weighted by Gasteiger charge is 2.51. The van der Waals surface area contributed by atoms with Crippen molar-refractivity contribution in [1.82, 2.24) is 5.32 Å². The summed E-state index contributed by atoms with van der Waals surface area (Å²) in [6.45, 7) is 2.45. The van der Waals surface area contributed by atoms with E-state index in [0.717, 1.165) is 18.4 Å². The van der Waals surface area contributed by atoms with Crippen molar-refractivity contribution < 1.29 is 19.7 Å². The fourth-order valence-corrected chi connectivity index (χ4v) is 3.98. The Bertz CT molecular complexity index is 590. The first-order chi connectivity index (χ1) is 11.0. The van der Waals surface area contributed by atoms with E-state index in [2.05, 4.69) is 10.6 Å². The van der Waals surface area contributed by atoms with E-state index >= 15 is 0 Å². The van der Waals surface area contributed by atoms with Gasteiger partial charge in [-0.15, -0.1) is 0 Å². The summed E-state index contributed by atoms with van der Waals surface area (Å²) >= 11 is 0. The number of hydrogen-bond donors (Lipinski definition) is 4. The van der Waals surface area contributed by atoms with Gasteiger partial charge in [-0.05, 0) is 55.2 Å². The van der Waals surface area contributed by atoms with Gasteiger partial charge in [0.2, 0.25) is 0 Å². The second-order valence-corrected chi connectivity index (χ2v) is 6.68. The number of benzene rings is 1. The average molecular weight is 320 g/mol. The summed E-state index contributed by atoms with van der Waals surface area (Å²) in [5.41, 5.74) is 1.67. The van der Waals surface area contributed by atoms with Crippen LogP contribution < -0.4 is 15.4 Å². The molecule has 3 rings (SSSR count). The molecule has 0 aliphatic heterocycles. The molecule has 0 radical (unpaired) electrons. The molecule has 2 amide bonds. The van der Waals surface area contributed by atoms with Crippen LogP contribution in [0.1, 0.15) is 18.4 Å². The van der Waals surface area contributed by atoms with Crippen molar-refractivity contribution in [3.63, 3.8) is 0 Å². The predicted octanol–water partition coefficient (Wildman–Crippen LogP) is 1.50. The first kappa shape index (κ1) is 16.1. The minimum Gasteiger partial charge on any atom is -0.495 e. The van der Waals surface area contributed by atoms with Gasteiger partial charge in [0.1, 0.15) is 5.75 Å². The van der Waals surface area contributed by atoms with Crippen LogP contribution in [-0.2, 0) is 0 Å². The predicted molar refractivity (Wildman–Crippen MR) is 86.5 cm³/mol. The molecule has 2 aliphatic carbocycles. The zero-order valence-corrected chi connectivity index (χ0v) is 13.5. The van der Waals surface area contributed by atoms with Gasteiger partial charge in [0.05, 0.1) is 25.0 Å². The molecule has 1 aromatic rings. The first-order valence-electron chi connectivity index (χ1n) is 8.05. The van der Waals surface area contributed by atoms with Crippen LogP contribution in [0.2, 0.25) is 0 Å². The number of ether oxygens (including phenoxy) is 1. The van der Waals surface area contributed by atoms with Gasteiger partial charge in [0.25, 0.3) is 0 Å². The topological polar surface area (TPSA) is 90.8 Å². The molecule has 2 saturated carbocycles. The number of carbonyl (C=O) groups is 1. The number of rotatable bonds is 4. The fourth-order valence-electron chi connectivity index (χ4n) is 3.98. The molecule has 0 aromatic heterocycles. The number of urea groups is 1. The molecular formula is C17H24N2O4. The highest BCUT2D eigenvalue weighted by atomic mass is 16.5. The molecule has 23 heavy (non-hydrogen) atoms. The van der Waals surface area contributed by atoms with Crippen molar-refractivity contribution in [3.05, 3.63) is 23.8 Å². The molecule has 1 aromatic carbocycles. The Labute approximate surface area is 135 Å². The highest BCUT2D eigenvalue weighted by molar-refractivity contribution is 5.91. The molecule has 2 aliphatic rings. The van der Waals surface area contributed by atoms with Gasteiger partial charge < -0.3 is 25.6 Å². The summed E-state index contributed by atoms with van der Waals surface area (Å²) in [5.74, 6) is 1.10.